The number of nitrogen functional groups attached to an aromatic ring is 6. The third-order valence-electron chi connectivity index (χ3n) is 9.98. The van der Waals surface area contributed by atoms with Crippen molar-refractivity contribution in [1.29, 1.82) is 0 Å². The van der Waals surface area contributed by atoms with Crippen LogP contribution in [0.2, 0.25) is 0 Å². The van der Waals surface area contributed by atoms with Crippen LogP contribution in [0.25, 0.3) is 0 Å². The van der Waals surface area contributed by atoms with E-state index >= 15 is 0 Å². The SMILES string of the molecule is CCC(=O)n1cnc(C(N)=O)c1N.CCC(=O)n1cnc(C(N)=O)c1N.CN.CN=C=O.CNC(=O)Cl.NC(=O)c1[nH]cnc1N.NC(=O)c1[nH]cnc1N.NC(=O)c1[nH]cnc1N.NC(=O)c1ncn(C(=O)Oc2ccc([N+](=O)[O-])cc2)c1N.O=C(Cl)Oc1ccc([N+](=O)[O-])cc1. The number of non-ortho nitro benzene ring substituents is 2. The second-order valence-corrected chi connectivity index (χ2v) is 16.9. The van der Waals surface area contributed by atoms with E-state index in [9.17, 15) is 73.0 Å². The number of ether oxygens (including phenoxy) is 2. The van der Waals surface area contributed by atoms with Crippen molar-refractivity contribution in [2.45, 2.75) is 26.7 Å². The van der Waals surface area contributed by atoms with Crippen LogP contribution in [0, 0.1) is 20.2 Å². The summed E-state index contributed by atoms with van der Waals surface area (Å²) in [5.74, 6) is -4.17. The van der Waals surface area contributed by atoms with Gasteiger partial charge >= 0.3 is 16.9 Å². The fraction of sp³-hybridized carbons (Fsp3) is 0.143. The molecule has 0 aliphatic rings. The fourth-order valence-electron chi connectivity index (χ4n) is 5.55. The van der Waals surface area contributed by atoms with Gasteiger partial charge in [-0.3, -0.25) is 72.5 Å². The smallest absolute Gasteiger partial charge is 0.414 e. The molecule has 6 heterocycles. The molecule has 98 heavy (non-hydrogen) atoms. The van der Waals surface area contributed by atoms with Gasteiger partial charge in [-0.25, -0.2) is 53.8 Å². The molecule has 0 radical (unpaired) electrons. The summed E-state index contributed by atoms with van der Waals surface area (Å²) in [6.45, 7) is 3.37. The van der Waals surface area contributed by atoms with Crippen molar-refractivity contribution in [1.82, 2.24) is 63.9 Å². The van der Waals surface area contributed by atoms with Crippen LogP contribution in [0.1, 0.15) is 99.2 Å². The number of H-pyrrole nitrogens is 3. The van der Waals surface area contributed by atoms with Crippen molar-refractivity contribution < 1.29 is 76.9 Å². The van der Waals surface area contributed by atoms with E-state index in [4.69, 9.17) is 102 Å². The summed E-state index contributed by atoms with van der Waals surface area (Å²) >= 11 is 9.63. The number of anilines is 6. The summed E-state index contributed by atoms with van der Waals surface area (Å²) in [4.78, 5) is 178. The normalized spacial score (nSPS) is 9.18. The zero-order valence-corrected chi connectivity index (χ0v) is 53.0. The van der Waals surface area contributed by atoms with Crippen LogP contribution in [0.3, 0.4) is 0 Å². The largest absolute Gasteiger partial charge is 0.426 e. The Morgan fingerprint density at radius 1 is 0.520 bits per heavy atom. The van der Waals surface area contributed by atoms with Crippen LogP contribution >= 0.6 is 23.2 Å². The Balaban J connectivity index is 0. The molecule has 0 spiro atoms. The van der Waals surface area contributed by atoms with Gasteiger partial charge in [-0.2, -0.15) is 0 Å². The summed E-state index contributed by atoms with van der Waals surface area (Å²) < 4.78 is 12.4. The number of carbonyl (C=O) groups is 11. The maximum atomic E-state index is 11.8. The first kappa shape index (κ1) is 85.9. The minimum atomic E-state index is -0.978. The number of aromatic nitrogens is 12. The maximum absolute atomic E-state index is 11.8. The first-order valence-electron chi connectivity index (χ1n) is 25.7. The van der Waals surface area contributed by atoms with Gasteiger partial charge in [-0.1, -0.05) is 13.8 Å². The summed E-state index contributed by atoms with van der Waals surface area (Å²) in [7, 11) is 4.35. The summed E-state index contributed by atoms with van der Waals surface area (Å²) in [6, 6.07) is 9.86. The second kappa shape index (κ2) is 44.3. The van der Waals surface area contributed by atoms with Gasteiger partial charge in [0.05, 0.1) is 28.8 Å². The lowest BCUT2D eigenvalue weighted by Crippen LogP contribution is -2.20. The number of carbonyl (C=O) groups excluding carboxylic acids is 12. The molecule has 2 aromatic carbocycles. The first-order valence-corrected chi connectivity index (χ1v) is 26.4. The number of nitrogens with zero attached hydrogens (tertiary/aromatic N) is 12. The number of hydrogen-bond acceptors (Lipinski definition) is 32. The van der Waals surface area contributed by atoms with Gasteiger partial charge in [0, 0.05) is 62.8 Å². The number of nitro benzene ring substituents is 2. The average Bonchev–Trinajstić information content (AvgIpc) is 1.70. The van der Waals surface area contributed by atoms with Crippen LogP contribution in [0.5, 0.6) is 11.5 Å². The van der Waals surface area contributed by atoms with E-state index in [0.29, 0.717) is 12.8 Å². The number of hydrogen-bond donors (Lipinski definition) is 17. The molecular weight excluding hydrogens is 1350 g/mol. The maximum Gasteiger partial charge on any atom is 0.426 e. The van der Waals surface area contributed by atoms with Gasteiger partial charge in [0.25, 0.3) is 46.8 Å². The Kier molecular flexibility index (Phi) is 38.8. The highest BCUT2D eigenvalue weighted by Gasteiger charge is 2.20. The number of amides is 7. The van der Waals surface area contributed by atoms with Crippen molar-refractivity contribution in [3.8, 4) is 11.5 Å². The molecule has 0 atom stereocenters. The minimum absolute atomic E-state index is 0.000602. The Morgan fingerprint density at radius 3 is 0.969 bits per heavy atom. The van der Waals surface area contributed by atoms with Crippen molar-refractivity contribution in [3.05, 3.63) is 141 Å². The molecular formula is C49H63Cl2N29O18. The molecule has 49 heteroatoms. The van der Waals surface area contributed by atoms with E-state index in [1.54, 1.807) is 13.8 Å². The quantitative estimate of drug-likeness (QED) is 0.0182. The molecule has 7 amide bonds. The lowest BCUT2D eigenvalue weighted by molar-refractivity contribution is -0.385. The summed E-state index contributed by atoms with van der Waals surface area (Å²) in [6.07, 6.45) is 8.28. The van der Waals surface area contributed by atoms with Gasteiger partial charge in [0.15, 0.2) is 34.5 Å². The van der Waals surface area contributed by atoms with Crippen LogP contribution < -0.4 is 89.3 Å². The number of nitro groups is 2. The third kappa shape index (κ3) is 29.8. The number of aromatic amines is 3. The number of rotatable bonds is 12. The number of nitrogens with one attached hydrogen (secondary N) is 4. The summed E-state index contributed by atoms with van der Waals surface area (Å²) in [5.41, 5.74) is 65.0. The molecule has 8 rings (SSSR count). The fourth-order valence-corrected chi connectivity index (χ4v) is 5.64. The molecule has 0 bridgehead atoms. The zero-order chi connectivity index (χ0) is 75.7. The van der Waals surface area contributed by atoms with E-state index in [0.717, 1.165) is 20.0 Å². The second-order valence-electron chi connectivity index (χ2n) is 16.3. The molecule has 0 fully saturated rings. The van der Waals surface area contributed by atoms with E-state index < -0.39 is 62.2 Å². The van der Waals surface area contributed by atoms with E-state index in [-0.39, 0.29) is 104 Å². The molecule has 0 aliphatic carbocycles. The Labute approximate surface area is 558 Å². The van der Waals surface area contributed by atoms with Crippen LogP contribution in [0.4, 0.5) is 60.7 Å². The lowest BCUT2D eigenvalue weighted by atomic mass is 10.3. The number of halogens is 2. The van der Waals surface area contributed by atoms with Crippen molar-refractivity contribution >= 4 is 140 Å². The molecule has 6 aromatic heterocycles. The van der Waals surface area contributed by atoms with Gasteiger partial charge < -0.3 is 104 Å². The monoisotopic (exact) mass is 1420 g/mol. The van der Waals surface area contributed by atoms with Crippen LogP contribution in [0.15, 0.2) is 91.5 Å². The predicted molar refractivity (Wildman–Crippen MR) is 346 cm³/mol. The predicted octanol–water partition coefficient (Wildman–Crippen LogP) is -0.555. The van der Waals surface area contributed by atoms with E-state index in [1.807, 2.05) is 0 Å². The van der Waals surface area contributed by atoms with E-state index in [2.05, 4.69) is 65.6 Å². The molecule has 0 saturated heterocycles. The molecule has 47 nitrogen and oxygen atoms in total. The van der Waals surface area contributed by atoms with Gasteiger partial charge in [0.2, 0.25) is 17.9 Å². The topological polar surface area (TPSA) is 812 Å². The average molecular weight is 1420 g/mol. The number of aliphatic imine (C=N–C) groups is 1. The highest BCUT2D eigenvalue weighted by molar-refractivity contribution is 6.62. The molecule has 0 aliphatic heterocycles. The Bertz CT molecular complexity index is 3890. The van der Waals surface area contributed by atoms with Gasteiger partial charge in [-0.05, 0) is 42.9 Å². The van der Waals surface area contributed by atoms with Crippen molar-refractivity contribution in [2.75, 3.05) is 55.5 Å². The zero-order valence-electron chi connectivity index (χ0n) is 51.5. The molecule has 526 valence electrons. The van der Waals surface area contributed by atoms with Crippen molar-refractivity contribution in [2.24, 2.45) is 45.1 Å². The number of imidazole rings is 6. The molecule has 0 unspecified atom stereocenters. The summed E-state index contributed by atoms with van der Waals surface area (Å²) in [5, 5.41) is 22.3. The number of isocyanates is 1. The van der Waals surface area contributed by atoms with Crippen LogP contribution in [-0.4, -0.2) is 160 Å². The number of primary amides is 6. The van der Waals surface area contributed by atoms with Crippen LogP contribution in [-0.2, 0) is 4.79 Å². The van der Waals surface area contributed by atoms with Gasteiger partial charge in [-0.15, -0.1) is 0 Å². The molecule has 8 aromatic rings. The molecule has 0 saturated carbocycles. The van der Waals surface area contributed by atoms with Gasteiger partial charge in [0.1, 0.15) is 65.0 Å². The van der Waals surface area contributed by atoms with E-state index in [1.165, 1.54) is 107 Å². The molecule has 30 N–H and O–H groups in total. The lowest BCUT2D eigenvalue weighted by Gasteiger charge is -2.05. The first-order chi connectivity index (χ1) is 46.0. The Morgan fingerprint density at radius 2 is 0.786 bits per heavy atom. The third-order valence-corrected chi connectivity index (χ3v) is 10.3. The van der Waals surface area contributed by atoms with Crippen molar-refractivity contribution in [3.63, 3.8) is 0 Å². The number of nitrogens with two attached hydrogens (primary N) is 13. The highest BCUT2D eigenvalue weighted by Crippen LogP contribution is 2.20. The Hall–Kier alpha value is -14.2. The number of benzene rings is 2. The minimum Gasteiger partial charge on any atom is -0.414 e. The standard InChI is InChI=1S/C11H9N5O5.C7H4ClNO4.2C7H10N4O2.3C4H6N4O.C2H4ClNO.C2H3NO.CH5N/c12-9-8(10(13)17)14-5-15(9)11(18)21-7-3-1-6(2-4-7)16(19)20;8-7(10)13-6-3-1-5(2-4-6)9(11)12;2*1-2-4(12)11-3-10-5(6(11)8)7(9)13;3*5-3-2(4(6)9)7-1-8-3;1-4-2(3)5;1-3-2-4;1-2/h1-5H,12H2,(H2,13,17);1-4H;2*3H,2,8H2,1H3,(H2,9,13);3*1H,5H2,(H2,6,9)(H,7,8);1H3,(H,4,5);1H3;2H2,1H3. The highest BCUT2D eigenvalue weighted by atomic mass is 35.5.